The van der Waals surface area contributed by atoms with Crippen LogP contribution in [0.15, 0.2) is 29.6 Å². The van der Waals surface area contributed by atoms with Crippen LogP contribution in [0.4, 0.5) is 0 Å². The molecule has 1 heterocycles. The lowest BCUT2D eigenvalue weighted by molar-refractivity contribution is 0.415. The highest BCUT2D eigenvalue weighted by Crippen LogP contribution is 2.32. The Balaban J connectivity index is 2.38. The normalized spacial score (nSPS) is 10.4. The van der Waals surface area contributed by atoms with Gasteiger partial charge in [0.25, 0.3) is 0 Å². The van der Waals surface area contributed by atoms with Gasteiger partial charge in [-0.25, -0.2) is 0 Å². The van der Waals surface area contributed by atoms with Gasteiger partial charge in [0.1, 0.15) is 5.75 Å². The van der Waals surface area contributed by atoms with Gasteiger partial charge in [0.2, 0.25) is 0 Å². The molecule has 84 valence electrons. The van der Waals surface area contributed by atoms with Crippen LogP contribution in [0.2, 0.25) is 0 Å². The maximum atomic E-state index is 5.67. The van der Waals surface area contributed by atoms with E-state index in [4.69, 9.17) is 10.5 Å². The molecule has 0 aliphatic rings. The number of hydrogen-bond donors (Lipinski definition) is 1. The molecular formula is C13H15NOS. The van der Waals surface area contributed by atoms with Crippen molar-refractivity contribution in [3.05, 3.63) is 40.8 Å². The van der Waals surface area contributed by atoms with Crippen LogP contribution in [-0.4, -0.2) is 7.11 Å². The van der Waals surface area contributed by atoms with E-state index < -0.39 is 0 Å². The number of nitrogens with two attached hydrogens (primary N) is 1. The van der Waals surface area contributed by atoms with Crippen molar-refractivity contribution in [2.24, 2.45) is 5.73 Å². The van der Waals surface area contributed by atoms with E-state index in [9.17, 15) is 0 Å². The van der Waals surface area contributed by atoms with Gasteiger partial charge in [-0.2, -0.15) is 0 Å². The van der Waals surface area contributed by atoms with Crippen LogP contribution in [0.25, 0.3) is 10.4 Å². The Hall–Kier alpha value is -1.32. The van der Waals surface area contributed by atoms with Gasteiger partial charge in [0.05, 0.1) is 7.11 Å². The number of benzene rings is 1. The zero-order chi connectivity index (χ0) is 11.5. The van der Waals surface area contributed by atoms with E-state index >= 15 is 0 Å². The molecule has 0 radical (unpaired) electrons. The predicted octanol–water partition coefficient (Wildman–Crippen LogP) is 3.19. The fourth-order valence-corrected chi connectivity index (χ4v) is 2.79. The predicted molar refractivity (Wildman–Crippen MR) is 68.9 cm³/mol. The van der Waals surface area contributed by atoms with Crippen LogP contribution in [0.3, 0.4) is 0 Å². The van der Waals surface area contributed by atoms with Crippen molar-refractivity contribution < 1.29 is 4.74 Å². The summed E-state index contributed by atoms with van der Waals surface area (Å²) in [5.41, 5.74) is 9.42. The SMILES string of the molecule is COc1ccc(-c2scc(CN)c2C)cc1. The quantitative estimate of drug-likeness (QED) is 0.883. The van der Waals surface area contributed by atoms with Crippen LogP contribution in [0.1, 0.15) is 11.1 Å². The van der Waals surface area contributed by atoms with Gasteiger partial charge in [0.15, 0.2) is 0 Å². The maximum Gasteiger partial charge on any atom is 0.118 e. The van der Waals surface area contributed by atoms with E-state index in [1.165, 1.54) is 21.6 Å². The first kappa shape index (κ1) is 11.2. The van der Waals surface area contributed by atoms with E-state index in [2.05, 4.69) is 24.4 Å². The molecule has 0 unspecified atom stereocenters. The molecule has 1 aromatic heterocycles. The fourth-order valence-electron chi connectivity index (χ4n) is 1.68. The van der Waals surface area contributed by atoms with Gasteiger partial charge >= 0.3 is 0 Å². The molecule has 0 fully saturated rings. The zero-order valence-corrected chi connectivity index (χ0v) is 10.3. The third kappa shape index (κ3) is 1.96. The van der Waals surface area contributed by atoms with Gasteiger partial charge in [-0.15, -0.1) is 11.3 Å². The van der Waals surface area contributed by atoms with Crippen molar-refractivity contribution in [3.8, 4) is 16.2 Å². The average Bonchev–Trinajstić information content (AvgIpc) is 2.70. The summed E-state index contributed by atoms with van der Waals surface area (Å²) in [5, 5.41) is 2.13. The first-order chi connectivity index (χ1) is 7.76. The highest BCUT2D eigenvalue weighted by molar-refractivity contribution is 7.14. The summed E-state index contributed by atoms with van der Waals surface area (Å²) in [6.45, 7) is 2.73. The lowest BCUT2D eigenvalue weighted by Crippen LogP contribution is -1.95. The molecule has 0 aliphatic heterocycles. The molecule has 0 aliphatic carbocycles. The van der Waals surface area contributed by atoms with Crippen LogP contribution < -0.4 is 10.5 Å². The number of hydrogen-bond acceptors (Lipinski definition) is 3. The summed E-state index contributed by atoms with van der Waals surface area (Å²) in [6.07, 6.45) is 0. The summed E-state index contributed by atoms with van der Waals surface area (Å²) in [6, 6.07) is 8.13. The largest absolute Gasteiger partial charge is 0.497 e. The zero-order valence-electron chi connectivity index (χ0n) is 9.49. The van der Waals surface area contributed by atoms with Gasteiger partial charge in [-0.3, -0.25) is 0 Å². The number of methoxy groups -OCH3 is 1. The Morgan fingerprint density at radius 2 is 1.94 bits per heavy atom. The van der Waals surface area contributed by atoms with E-state index in [0.29, 0.717) is 6.54 Å². The highest BCUT2D eigenvalue weighted by Gasteiger charge is 2.08. The molecule has 16 heavy (non-hydrogen) atoms. The first-order valence-electron chi connectivity index (χ1n) is 5.17. The van der Waals surface area contributed by atoms with Gasteiger partial charge < -0.3 is 10.5 Å². The molecule has 0 amide bonds. The molecule has 2 rings (SSSR count). The molecule has 2 N–H and O–H groups in total. The van der Waals surface area contributed by atoms with Gasteiger partial charge in [0, 0.05) is 11.4 Å². The lowest BCUT2D eigenvalue weighted by Gasteiger charge is -2.03. The topological polar surface area (TPSA) is 35.2 Å². The van der Waals surface area contributed by atoms with Crippen molar-refractivity contribution in [3.63, 3.8) is 0 Å². The second-order valence-electron chi connectivity index (χ2n) is 3.65. The molecular weight excluding hydrogens is 218 g/mol. The summed E-state index contributed by atoms with van der Waals surface area (Å²) < 4.78 is 5.15. The smallest absolute Gasteiger partial charge is 0.118 e. The third-order valence-corrected chi connectivity index (χ3v) is 3.89. The second-order valence-corrected chi connectivity index (χ2v) is 4.53. The van der Waals surface area contributed by atoms with Crippen molar-refractivity contribution in [2.75, 3.05) is 7.11 Å². The monoisotopic (exact) mass is 233 g/mol. The third-order valence-electron chi connectivity index (χ3n) is 2.71. The minimum Gasteiger partial charge on any atom is -0.497 e. The first-order valence-corrected chi connectivity index (χ1v) is 6.05. The summed E-state index contributed by atoms with van der Waals surface area (Å²) in [4.78, 5) is 1.29. The van der Waals surface area contributed by atoms with E-state index in [-0.39, 0.29) is 0 Å². The highest BCUT2D eigenvalue weighted by atomic mass is 32.1. The maximum absolute atomic E-state index is 5.67. The molecule has 0 atom stereocenters. The second kappa shape index (κ2) is 4.68. The summed E-state index contributed by atoms with van der Waals surface area (Å²) in [5.74, 6) is 0.886. The molecule has 1 aromatic carbocycles. The van der Waals surface area contributed by atoms with Crippen molar-refractivity contribution in [1.29, 1.82) is 0 Å². The Morgan fingerprint density at radius 1 is 1.25 bits per heavy atom. The molecule has 0 bridgehead atoms. The number of rotatable bonds is 3. The Kier molecular flexibility index (Phi) is 3.27. The van der Waals surface area contributed by atoms with Crippen molar-refractivity contribution in [2.45, 2.75) is 13.5 Å². The molecule has 0 saturated heterocycles. The minimum absolute atomic E-state index is 0.610. The van der Waals surface area contributed by atoms with E-state index in [1.807, 2.05) is 12.1 Å². The van der Waals surface area contributed by atoms with Crippen LogP contribution in [0, 0.1) is 6.92 Å². The number of ether oxygens (including phenoxy) is 1. The molecule has 0 saturated carbocycles. The fraction of sp³-hybridized carbons (Fsp3) is 0.231. The van der Waals surface area contributed by atoms with Crippen LogP contribution >= 0.6 is 11.3 Å². The Bertz CT molecular complexity index is 473. The molecule has 2 aromatic rings. The van der Waals surface area contributed by atoms with Crippen molar-refractivity contribution >= 4 is 11.3 Å². The molecule has 2 nitrogen and oxygen atoms in total. The van der Waals surface area contributed by atoms with Crippen molar-refractivity contribution in [1.82, 2.24) is 0 Å². The van der Waals surface area contributed by atoms with Crippen LogP contribution in [-0.2, 0) is 6.54 Å². The Morgan fingerprint density at radius 3 is 2.44 bits per heavy atom. The molecule has 3 heteroatoms. The number of thiophene rings is 1. The minimum atomic E-state index is 0.610. The molecule has 0 spiro atoms. The van der Waals surface area contributed by atoms with E-state index in [1.54, 1.807) is 18.4 Å². The van der Waals surface area contributed by atoms with E-state index in [0.717, 1.165) is 5.75 Å². The average molecular weight is 233 g/mol. The summed E-state index contributed by atoms with van der Waals surface area (Å²) >= 11 is 1.75. The lowest BCUT2D eigenvalue weighted by atomic mass is 10.1. The standard InChI is InChI=1S/C13H15NOS/c1-9-11(7-14)8-16-13(9)10-3-5-12(15-2)6-4-10/h3-6,8H,7,14H2,1-2H3. The van der Waals surface area contributed by atoms with Gasteiger partial charge in [-0.05, 0) is 53.3 Å². The van der Waals surface area contributed by atoms with Gasteiger partial charge in [-0.1, -0.05) is 0 Å². The van der Waals surface area contributed by atoms with Crippen LogP contribution in [0.5, 0.6) is 5.75 Å². The Labute approximate surface area is 99.7 Å². The summed E-state index contributed by atoms with van der Waals surface area (Å²) in [7, 11) is 1.68.